The van der Waals surface area contributed by atoms with Crippen LogP contribution in [0.5, 0.6) is 0 Å². The smallest absolute Gasteiger partial charge is 0.243 e. The van der Waals surface area contributed by atoms with Gasteiger partial charge in [0.25, 0.3) is 0 Å². The summed E-state index contributed by atoms with van der Waals surface area (Å²) in [5.41, 5.74) is 0. The average Bonchev–Trinajstić information content (AvgIpc) is 2.91. The Hall–Kier alpha value is -0.830. The van der Waals surface area contributed by atoms with Crippen LogP contribution in [-0.2, 0) is 9.53 Å². The summed E-state index contributed by atoms with van der Waals surface area (Å²) < 4.78 is 5.41. The second-order valence-electron chi connectivity index (χ2n) is 3.84. The molecule has 1 amide bonds. The third kappa shape index (κ3) is 2.10. The lowest BCUT2D eigenvalue weighted by atomic mass is 9.89. The molecule has 0 aromatic carbocycles. The Balaban J connectivity index is 1.69. The highest BCUT2D eigenvalue weighted by Gasteiger charge is 2.43. The van der Waals surface area contributed by atoms with E-state index in [9.17, 15) is 4.79 Å². The normalized spacial score (nSPS) is 36.2. The zero-order valence-electron chi connectivity index (χ0n) is 7.66. The average molecular weight is 181 g/mol. The Bertz CT molecular complexity index is 227. The summed E-state index contributed by atoms with van der Waals surface area (Å²) in [4.78, 5) is 10.9. The van der Waals surface area contributed by atoms with Gasteiger partial charge in [-0.2, -0.15) is 0 Å². The molecule has 1 heterocycles. The van der Waals surface area contributed by atoms with Crippen molar-refractivity contribution in [3.8, 4) is 0 Å². The number of carbonyl (C=O) groups excluding carboxylic acids is 1. The quantitative estimate of drug-likeness (QED) is 0.518. The topological polar surface area (TPSA) is 41.6 Å². The first kappa shape index (κ1) is 8.75. The molecule has 0 aromatic rings. The van der Waals surface area contributed by atoms with Crippen LogP contribution in [0, 0.1) is 5.92 Å². The molecule has 1 N–H and O–H groups in total. The fourth-order valence-corrected chi connectivity index (χ4v) is 1.99. The van der Waals surface area contributed by atoms with E-state index in [0.29, 0.717) is 18.1 Å². The van der Waals surface area contributed by atoms with Crippen molar-refractivity contribution in [1.82, 2.24) is 5.32 Å². The minimum absolute atomic E-state index is 0.0705. The molecule has 72 valence electrons. The SMILES string of the molecule is C=CC(=O)NCC1CCC2OC2C1. The van der Waals surface area contributed by atoms with Gasteiger partial charge in [0.15, 0.2) is 0 Å². The molecule has 1 saturated carbocycles. The molecule has 0 bridgehead atoms. The summed E-state index contributed by atoms with van der Waals surface area (Å²) in [6.07, 6.45) is 5.82. The van der Waals surface area contributed by atoms with Gasteiger partial charge in [-0.15, -0.1) is 0 Å². The van der Waals surface area contributed by atoms with Crippen LogP contribution in [0.25, 0.3) is 0 Å². The van der Waals surface area contributed by atoms with Gasteiger partial charge in [0, 0.05) is 6.54 Å². The first-order chi connectivity index (χ1) is 6.29. The first-order valence-corrected chi connectivity index (χ1v) is 4.85. The largest absolute Gasteiger partial charge is 0.370 e. The molecule has 0 spiro atoms. The fraction of sp³-hybridized carbons (Fsp3) is 0.700. The zero-order chi connectivity index (χ0) is 9.26. The summed E-state index contributed by atoms with van der Waals surface area (Å²) in [6.45, 7) is 4.19. The van der Waals surface area contributed by atoms with Crippen LogP contribution in [0.4, 0.5) is 0 Å². The summed E-state index contributed by atoms with van der Waals surface area (Å²) in [6, 6.07) is 0. The van der Waals surface area contributed by atoms with E-state index in [4.69, 9.17) is 4.74 Å². The zero-order valence-corrected chi connectivity index (χ0v) is 7.66. The lowest BCUT2D eigenvalue weighted by molar-refractivity contribution is -0.116. The number of carbonyl (C=O) groups is 1. The maximum Gasteiger partial charge on any atom is 0.243 e. The Labute approximate surface area is 78.1 Å². The van der Waals surface area contributed by atoms with Crippen LogP contribution in [0.15, 0.2) is 12.7 Å². The molecular formula is C10H15NO2. The molecule has 3 atom stereocenters. The molecule has 2 aliphatic rings. The van der Waals surface area contributed by atoms with Gasteiger partial charge < -0.3 is 10.1 Å². The van der Waals surface area contributed by atoms with Gasteiger partial charge in [-0.05, 0) is 31.3 Å². The van der Waals surface area contributed by atoms with Crippen molar-refractivity contribution in [2.75, 3.05) is 6.54 Å². The number of hydrogen-bond donors (Lipinski definition) is 1. The maximum atomic E-state index is 10.9. The van der Waals surface area contributed by atoms with Gasteiger partial charge >= 0.3 is 0 Å². The van der Waals surface area contributed by atoms with E-state index in [2.05, 4.69) is 11.9 Å². The highest BCUT2D eigenvalue weighted by molar-refractivity contribution is 5.86. The highest BCUT2D eigenvalue weighted by atomic mass is 16.6. The van der Waals surface area contributed by atoms with E-state index in [1.54, 1.807) is 0 Å². The lowest BCUT2D eigenvalue weighted by Gasteiger charge is -2.18. The Kier molecular flexibility index (Phi) is 2.36. The van der Waals surface area contributed by atoms with Crippen LogP contribution < -0.4 is 5.32 Å². The molecule has 2 rings (SSSR count). The van der Waals surface area contributed by atoms with Gasteiger partial charge in [-0.25, -0.2) is 0 Å². The van der Waals surface area contributed by atoms with Gasteiger partial charge in [-0.1, -0.05) is 6.58 Å². The van der Waals surface area contributed by atoms with Gasteiger partial charge in [-0.3, -0.25) is 4.79 Å². The number of fused-ring (bicyclic) bond motifs is 1. The molecule has 0 aromatic heterocycles. The number of rotatable bonds is 3. The summed E-state index contributed by atoms with van der Waals surface area (Å²) in [5.74, 6) is 0.534. The van der Waals surface area contributed by atoms with Crippen molar-refractivity contribution < 1.29 is 9.53 Å². The molecule has 2 fully saturated rings. The maximum absolute atomic E-state index is 10.9. The standard InChI is InChI=1S/C10H15NO2/c1-2-10(12)11-6-7-3-4-8-9(5-7)13-8/h2,7-9H,1,3-6H2,(H,11,12). The van der Waals surface area contributed by atoms with Crippen molar-refractivity contribution in [3.63, 3.8) is 0 Å². The van der Waals surface area contributed by atoms with Crippen LogP contribution >= 0.6 is 0 Å². The van der Waals surface area contributed by atoms with E-state index >= 15 is 0 Å². The van der Waals surface area contributed by atoms with E-state index < -0.39 is 0 Å². The molecule has 0 radical (unpaired) electrons. The van der Waals surface area contributed by atoms with Crippen molar-refractivity contribution in [2.24, 2.45) is 5.92 Å². The fourth-order valence-electron chi connectivity index (χ4n) is 1.99. The van der Waals surface area contributed by atoms with Crippen molar-refractivity contribution in [2.45, 2.75) is 31.5 Å². The summed E-state index contributed by atoms with van der Waals surface area (Å²) >= 11 is 0. The molecule has 3 heteroatoms. The Morgan fingerprint density at radius 1 is 1.54 bits per heavy atom. The monoisotopic (exact) mass is 181 g/mol. The minimum atomic E-state index is -0.0705. The van der Waals surface area contributed by atoms with E-state index in [1.165, 1.54) is 18.9 Å². The number of ether oxygens (including phenoxy) is 1. The highest BCUT2D eigenvalue weighted by Crippen LogP contribution is 2.38. The number of amides is 1. The van der Waals surface area contributed by atoms with Gasteiger partial charge in [0.1, 0.15) is 0 Å². The predicted molar refractivity (Wildman–Crippen MR) is 49.2 cm³/mol. The Morgan fingerprint density at radius 3 is 3.08 bits per heavy atom. The lowest BCUT2D eigenvalue weighted by Crippen LogP contribution is -2.30. The molecular weight excluding hydrogens is 166 g/mol. The van der Waals surface area contributed by atoms with Crippen LogP contribution in [0.1, 0.15) is 19.3 Å². The third-order valence-electron chi connectivity index (χ3n) is 2.86. The Morgan fingerprint density at radius 2 is 2.38 bits per heavy atom. The van der Waals surface area contributed by atoms with Gasteiger partial charge in [0.2, 0.25) is 5.91 Å². The first-order valence-electron chi connectivity index (χ1n) is 4.85. The number of nitrogens with one attached hydrogen (secondary N) is 1. The molecule has 3 unspecified atom stereocenters. The minimum Gasteiger partial charge on any atom is -0.370 e. The third-order valence-corrected chi connectivity index (χ3v) is 2.86. The molecule has 3 nitrogen and oxygen atoms in total. The molecule has 13 heavy (non-hydrogen) atoms. The van der Waals surface area contributed by atoms with Crippen LogP contribution in [0.2, 0.25) is 0 Å². The van der Waals surface area contributed by atoms with Crippen LogP contribution in [-0.4, -0.2) is 24.7 Å². The number of epoxide rings is 1. The van der Waals surface area contributed by atoms with E-state index in [0.717, 1.165) is 13.0 Å². The number of hydrogen-bond acceptors (Lipinski definition) is 2. The van der Waals surface area contributed by atoms with Gasteiger partial charge in [0.05, 0.1) is 12.2 Å². The van der Waals surface area contributed by atoms with E-state index in [1.807, 2.05) is 0 Å². The predicted octanol–water partition coefficient (Wildman–Crippen LogP) is 0.856. The molecule has 1 saturated heterocycles. The van der Waals surface area contributed by atoms with Crippen molar-refractivity contribution >= 4 is 5.91 Å². The second-order valence-corrected chi connectivity index (χ2v) is 3.84. The van der Waals surface area contributed by atoms with E-state index in [-0.39, 0.29) is 5.91 Å². The summed E-state index contributed by atoms with van der Waals surface area (Å²) in [7, 11) is 0. The van der Waals surface area contributed by atoms with Crippen LogP contribution in [0.3, 0.4) is 0 Å². The summed E-state index contributed by atoms with van der Waals surface area (Å²) in [5, 5.41) is 2.83. The molecule has 1 aliphatic heterocycles. The van der Waals surface area contributed by atoms with Crippen molar-refractivity contribution in [3.05, 3.63) is 12.7 Å². The molecule has 1 aliphatic carbocycles. The second kappa shape index (κ2) is 3.50. The van der Waals surface area contributed by atoms with Crippen molar-refractivity contribution in [1.29, 1.82) is 0 Å².